The van der Waals surface area contributed by atoms with Crippen LogP contribution in [0.25, 0.3) is 0 Å². The molecule has 1 fully saturated rings. The minimum atomic E-state index is -0.876. The summed E-state index contributed by atoms with van der Waals surface area (Å²) in [5, 5.41) is 21.6. The summed E-state index contributed by atoms with van der Waals surface area (Å²) in [7, 11) is 1.60. The molecule has 0 spiro atoms. The number of benzene rings is 1. The summed E-state index contributed by atoms with van der Waals surface area (Å²) >= 11 is 1.27. The summed E-state index contributed by atoms with van der Waals surface area (Å²) < 4.78 is 0. The number of likely N-dealkylation sites (N-methyl/N-ethyl adjacent to an activating group) is 1. The Labute approximate surface area is 155 Å². The fourth-order valence-electron chi connectivity index (χ4n) is 3.02. The van der Waals surface area contributed by atoms with E-state index in [0.29, 0.717) is 11.7 Å². The van der Waals surface area contributed by atoms with Gasteiger partial charge in [-0.2, -0.15) is 0 Å². The second-order valence-corrected chi connectivity index (χ2v) is 7.43. The van der Waals surface area contributed by atoms with Crippen LogP contribution in [0.15, 0.2) is 29.3 Å². The maximum absolute atomic E-state index is 12.5. The van der Waals surface area contributed by atoms with Crippen molar-refractivity contribution in [1.29, 1.82) is 0 Å². The number of aliphatic imine (C=N–C) groups is 1. The Hall–Kier alpha value is -2.10. The summed E-state index contributed by atoms with van der Waals surface area (Å²) in [4.78, 5) is 32.2. The van der Waals surface area contributed by atoms with Gasteiger partial charge < -0.3 is 20.0 Å². The first-order chi connectivity index (χ1) is 12.4. The van der Waals surface area contributed by atoms with Gasteiger partial charge in [0.15, 0.2) is 17.4 Å². The highest BCUT2D eigenvalue weighted by atomic mass is 32.2. The second kappa shape index (κ2) is 7.65. The molecular formula is C17H22N4O4S. The van der Waals surface area contributed by atoms with Gasteiger partial charge >= 0.3 is 6.03 Å². The number of amides is 3. The number of amidine groups is 1. The molecule has 3 amide bonds. The highest BCUT2D eigenvalue weighted by molar-refractivity contribution is 8.13. The molecule has 26 heavy (non-hydrogen) atoms. The molecule has 1 saturated heterocycles. The molecule has 0 aliphatic carbocycles. The number of thioether (sulfide) groups is 1. The van der Waals surface area contributed by atoms with Gasteiger partial charge in [0.1, 0.15) is 0 Å². The van der Waals surface area contributed by atoms with Crippen LogP contribution in [0.3, 0.4) is 0 Å². The summed E-state index contributed by atoms with van der Waals surface area (Å²) in [5.74, 6) is -0.133. The van der Waals surface area contributed by atoms with Gasteiger partial charge in [-0.1, -0.05) is 41.6 Å². The van der Waals surface area contributed by atoms with Crippen molar-refractivity contribution in [2.24, 2.45) is 4.99 Å². The normalized spacial score (nSPS) is 23.6. The number of carbonyl (C=O) groups is 2. The summed E-state index contributed by atoms with van der Waals surface area (Å²) in [5.41, 5.74) is 2.13. The largest absolute Gasteiger partial charge is 0.394 e. The molecular weight excluding hydrogens is 356 g/mol. The molecule has 2 aliphatic rings. The molecule has 140 valence electrons. The molecule has 2 aliphatic heterocycles. The average molecular weight is 378 g/mol. The van der Waals surface area contributed by atoms with Crippen molar-refractivity contribution in [1.82, 2.24) is 15.1 Å². The SMILES string of the molecule is Cc1cccc(CN2C(SCC(O)CO)=NC3C2C(=O)NC(=O)N3C)c1. The van der Waals surface area contributed by atoms with E-state index in [4.69, 9.17) is 5.11 Å². The molecule has 3 atom stereocenters. The number of carbonyl (C=O) groups excluding carboxylic acids is 2. The quantitative estimate of drug-likeness (QED) is 0.673. The molecule has 8 nitrogen and oxygen atoms in total. The average Bonchev–Trinajstić information content (AvgIpc) is 2.96. The number of rotatable bonds is 5. The number of aliphatic hydroxyl groups excluding tert-OH is 2. The van der Waals surface area contributed by atoms with E-state index < -0.39 is 24.3 Å². The van der Waals surface area contributed by atoms with E-state index in [1.165, 1.54) is 16.7 Å². The predicted octanol–water partition coefficient (Wildman–Crippen LogP) is 0.129. The van der Waals surface area contributed by atoms with Gasteiger partial charge in [-0.15, -0.1) is 0 Å². The number of aryl methyl sites for hydroxylation is 1. The van der Waals surface area contributed by atoms with E-state index in [0.717, 1.165) is 11.1 Å². The Bertz CT molecular complexity index is 741. The Morgan fingerprint density at radius 2 is 2.15 bits per heavy atom. The van der Waals surface area contributed by atoms with Crippen molar-refractivity contribution >= 4 is 28.9 Å². The van der Waals surface area contributed by atoms with Gasteiger partial charge in [-0.25, -0.2) is 9.79 Å². The van der Waals surface area contributed by atoms with Gasteiger partial charge in [-0.3, -0.25) is 10.1 Å². The van der Waals surface area contributed by atoms with Gasteiger partial charge in [0, 0.05) is 19.3 Å². The van der Waals surface area contributed by atoms with Crippen molar-refractivity contribution in [2.45, 2.75) is 31.8 Å². The predicted molar refractivity (Wildman–Crippen MR) is 98.6 cm³/mol. The number of nitrogens with zero attached hydrogens (tertiary/aromatic N) is 3. The van der Waals surface area contributed by atoms with Gasteiger partial charge in [-0.05, 0) is 12.5 Å². The third-order valence-electron chi connectivity index (χ3n) is 4.37. The Morgan fingerprint density at radius 3 is 2.85 bits per heavy atom. The first-order valence-electron chi connectivity index (χ1n) is 8.30. The number of hydrogen-bond acceptors (Lipinski definition) is 7. The van der Waals surface area contributed by atoms with E-state index in [1.54, 1.807) is 7.05 Å². The van der Waals surface area contributed by atoms with Gasteiger partial charge in [0.05, 0.1) is 12.7 Å². The lowest BCUT2D eigenvalue weighted by molar-refractivity contribution is -0.127. The van der Waals surface area contributed by atoms with Gasteiger partial charge in [0.25, 0.3) is 5.91 Å². The number of nitrogens with one attached hydrogen (secondary N) is 1. The zero-order valence-electron chi connectivity index (χ0n) is 14.6. The van der Waals surface area contributed by atoms with Crippen LogP contribution in [0, 0.1) is 6.92 Å². The molecule has 1 aromatic carbocycles. The first kappa shape index (κ1) is 18.7. The Balaban J connectivity index is 1.87. The van der Waals surface area contributed by atoms with Crippen LogP contribution in [0.4, 0.5) is 4.79 Å². The van der Waals surface area contributed by atoms with E-state index in [2.05, 4.69) is 10.3 Å². The van der Waals surface area contributed by atoms with Crippen LogP contribution in [-0.4, -0.2) is 74.8 Å². The van der Waals surface area contributed by atoms with Crippen LogP contribution >= 0.6 is 11.8 Å². The maximum atomic E-state index is 12.5. The van der Waals surface area contributed by atoms with Crippen LogP contribution < -0.4 is 5.32 Å². The van der Waals surface area contributed by atoms with Crippen molar-refractivity contribution < 1.29 is 19.8 Å². The standard InChI is InChI=1S/C17H22N4O4S/c1-10-4-3-5-11(6-10)7-21-13-14(20(2)16(25)19-15(13)24)18-17(21)26-9-12(23)8-22/h3-6,12-14,22-23H,7-9H2,1-2H3,(H,19,24,25). The molecule has 3 N–H and O–H groups in total. The van der Waals surface area contributed by atoms with Crippen molar-refractivity contribution in [3.8, 4) is 0 Å². The van der Waals surface area contributed by atoms with Crippen molar-refractivity contribution in [3.63, 3.8) is 0 Å². The first-order valence-corrected chi connectivity index (χ1v) is 9.28. The molecule has 0 radical (unpaired) electrons. The van der Waals surface area contributed by atoms with Crippen molar-refractivity contribution in [2.75, 3.05) is 19.4 Å². The summed E-state index contributed by atoms with van der Waals surface area (Å²) in [6.45, 7) is 2.11. The Morgan fingerprint density at radius 1 is 1.38 bits per heavy atom. The zero-order chi connectivity index (χ0) is 18.8. The maximum Gasteiger partial charge on any atom is 0.325 e. The highest BCUT2D eigenvalue weighted by Gasteiger charge is 2.48. The molecule has 0 bridgehead atoms. The van der Waals surface area contributed by atoms with E-state index in [1.807, 2.05) is 36.1 Å². The van der Waals surface area contributed by atoms with Crippen LogP contribution in [-0.2, 0) is 11.3 Å². The van der Waals surface area contributed by atoms with E-state index in [9.17, 15) is 14.7 Å². The fraction of sp³-hybridized carbons (Fsp3) is 0.471. The van der Waals surface area contributed by atoms with E-state index in [-0.39, 0.29) is 18.3 Å². The third-order valence-corrected chi connectivity index (χ3v) is 5.52. The highest BCUT2D eigenvalue weighted by Crippen LogP contribution is 2.30. The smallest absolute Gasteiger partial charge is 0.325 e. The lowest BCUT2D eigenvalue weighted by Gasteiger charge is -2.36. The minimum absolute atomic E-state index is 0.248. The number of aliphatic hydroxyl groups is 2. The summed E-state index contributed by atoms with van der Waals surface area (Å²) in [6, 6.07) is 6.87. The van der Waals surface area contributed by atoms with E-state index >= 15 is 0 Å². The second-order valence-electron chi connectivity index (χ2n) is 6.44. The van der Waals surface area contributed by atoms with Crippen LogP contribution in [0.2, 0.25) is 0 Å². The minimum Gasteiger partial charge on any atom is -0.394 e. The molecule has 0 aromatic heterocycles. The molecule has 3 rings (SSSR count). The zero-order valence-corrected chi connectivity index (χ0v) is 15.4. The fourth-order valence-corrected chi connectivity index (χ4v) is 3.99. The molecule has 9 heteroatoms. The Kier molecular flexibility index (Phi) is 5.49. The summed E-state index contributed by atoms with van der Waals surface area (Å²) in [6.07, 6.45) is -1.48. The van der Waals surface area contributed by atoms with Crippen molar-refractivity contribution in [3.05, 3.63) is 35.4 Å². The number of fused-ring (bicyclic) bond motifs is 1. The van der Waals surface area contributed by atoms with Gasteiger partial charge in [0.2, 0.25) is 0 Å². The van der Waals surface area contributed by atoms with Crippen LogP contribution in [0.5, 0.6) is 0 Å². The third kappa shape index (κ3) is 3.69. The molecule has 1 aromatic rings. The number of imide groups is 1. The molecule has 0 saturated carbocycles. The monoisotopic (exact) mass is 378 g/mol. The topological polar surface area (TPSA) is 105 Å². The van der Waals surface area contributed by atoms with Crippen LogP contribution in [0.1, 0.15) is 11.1 Å². The molecule has 2 heterocycles. The lowest BCUT2D eigenvalue weighted by atomic mass is 10.1. The lowest BCUT2D eigenvalue weighted by Crippen LogP contribution is -2.63. The number of hydrogen-bond donors (Lipinski definition) is 3. The molecule has 3 unspecified atom stereocenters. The number of urea groups is 1.